The normalized spacial score (nSPS) is 19.4. The lowest BCUT2D eigenvalue weighted by Crippen LogP contribution is -2.53. The number of rotatable bonds is 6. The Morgan fingerprint density at radius 3 is 2.57 bits per heavy atom. The summed E-state index contributed by atoms with van der Waals surface area (Å²) in [5.74, 6) is 1.49. The number of amides is 1. The van der Waals surface area contributed by atoms with Gasteiger partial charge >= 0.3 is 0 Å². The van der Waals surface area contributed by atoms with E-state index in [9.17, 15) is 4.79 Å². The summed E-state index contributed by atoms with van der Waals surface area (Å²) in [6.45, 7) is 6.87. The van der Waals surface area contributed by atoms with E-state index >= 15 is 0 Å². The number of aromatic nitrogens is 2. The molecule has 7 nitrogen and oxygen atoms in total. The van der Waals surface area contributed by atoms with Gasteiger partial charge in [0, 0.05) is 44.0 Å². The lowest BCUT2D eigenvalue weighted by Gasteiger charge is -2.38. The van der Waals surface area contributed by atoms with Crippen LogP contribution in [-0.4, -0.2) is 71.1 Å². The fraction of sp³-hybridized carbons (Fsp3) is 0.522. The summed E-state index contributed by atoms with van der Waals surface area (Å²) >= 11 is 0. The summed E-state index contributed by atoms with van der Waals surface area (Å²) in [6, 6.07) is 9.92. The molecule has 4 heterocycles. The number of anilines is 2. The standard InChI is InChI=1S/C23H31N5O2/c1-2-21(27-13-15-30-16-14-27)23(29)28-11-8-18(9-12-28)20-7-6-19(17-25-20)26-22-5-3-4-10-24-22/h3-7,10,17-18,21H,2,8-9,11-16H2,1H3,(H,24,26). The van der Waals surface area contributed by atoms with E-state index in [2.05, 4.69) is 44.1 Å². The van der Waals surface area contributed by atoms with Gasteiger partial charge in [-0.05, 0) is 43.5 Å². The van der Waals surface area contributed by atoms with Gasteiger partial charge in [0.25, 0.3) is 0 Å². The molecule has 160 valence electrons. The number of morpholine rings is 1. The highest BCUT2D eigenvalue weighted by atomic mass is 16.5. The second-order valence-electron chi connectivity index (χ2n) is 7.98. The monoisotopic (exact) mass is 409 g/mol. The second kappa shape index (κ2) is 10.00. The molecule has 2 saturated heterocycles. The van der Waals surface area contributed by atoms with Crippen LogP contribution < -0.4 is 5.32 Å². The van der Waals surface area contributed by atoms with Crippen molar-refractivity contribution in [3.63, 3.8) is 0 Å². The number of ether oxygens (including phenoxy) is 1. The molecule has 1 amide bonds. The molecule has 0 radical (unpaired) electrons. The minimum absolute atomic E-state index is 0.0134. The van der Waals surface area contributed by atoms with Gasteiger partial charge in [-0.2, -0.15) is 0 Å². The quantitative estimate of drug-likeness (QED) is 0.791. The number of hydrogen-bond acceptors (Lipinski definition) is 6. The zero-order valence-electron chi connectivity index (χ0n) is 17.7. The van der Waals surface area contributed by atoms with E-state index in [1.807, 2.05) is 24.4 Å². The van der Waals surface area contributed by atoms with Crippen LogP contribution in [0.1, 0.15) is 37.8 Å². The van der Waals surface area contributed by atoms with Gasteiger partial charge < -0.3 is 15.0 Å². The van der Waals surface area contributed by atoms with E-state index in [1.165, 1.54) is 0 Å². The van der Waals surface area contributed by atoms with Gasteiger partial charge in [-0.25, -0.2) is 4.98 Å². The van der Waals surface area contributed by atoms with Crippen molar-refractivity contribution >= 4 is 17.4 Å². The Bertz CT molecular complexity index is 800. The van der Waals surface area contributed by atoms with Gasteiger partial charge in [0.15, 0.2) is 0 Å². The first-order valence-corrected chi connectivity index (χ1v) is 11.0. The van der Waals surface area contributed by atoms with Crippen LogP contribution in [0.5, 0.6) is 0 Å². The number of carbonyl (C=O) groups is 1. The maximum Gasteiger partial charge on any atom is 0.239 e. The van der Waals surface area contributed by atoms with Crippen molar-refractivity contribution in [1.29, 1.82) is 0 Å². The minimum Gasteiger partial charge on any atom is -0.379 e. The van der Waals surface area contributed by atoms with Crippen molar-refractivity contribution in [1.82, 2.24) is 19.8 Å². The third-order valence-electron chi connectivity index (χ3n) is 6.11. The molecule has 30 heavy (non-hydrogen) atoms. The first-order valence-electron chi connectivity index (χ1n) is 11.0. The van der Waals surface area contributed by atoms with E-state index in [0.717, 1.165) is 75.9 Å². The molecule has 1 atom stereocenters. The van der Waals surface area contributed by atoms with Crippen LogP contribution in [0.15, 0.2) is 42.7 Å². The topological polar surface area (TPSA) is 70.6 Å². The lowest BCUT2D eigenvalue weighted by atomic mass is 9.92. The average molecular weight is 410 g/mol. The molecule has 1 N–H and O–H groups in total. The van der Waals surface area contributed by atoms with Gasteiger partial charge in [-0.3, -0.25) is 14.7 Å². The zero-order valence-corrected chi connectivity index (χ0v) is 17.7. The average Bonchev–Trinajstić information content (AvgIpc) is 2.81. The van der Waals surface area contributed by atoms with Crippen LogP contribution in [0, 0.1) is 0 Å². The molecule has 7 heteroatoms. The maximum atomic E-state index is 13.1. The molecule has 2 aromatic rings. The van der Waals surface area contributed by atoms with E-state index in [1.54, 1.807) is 6.20 Å². The minimum atomic E-state index is -0.0134. The van der Waals surface area contributed by atoms with Gasteiger partial charge in [-0.15, -0.1) is 0 Å². The molecule has 2 aromatic heterocycles. The number of nitrogens with zero attached hydrogens (tertiary/aromatic N) is 4. The summed E-state index contributed by atoms with van der Waals surface area (Å²) < 4.78 is 5.44. The number of nitrogens with one attached hydrogen (secondary N) is 1. The molecule has 0 saturated carbocycles. The number of piperidine rings is 1. The largest absolute Gasteiger partial charge is 0.379 e. The van der Waals surface area contributed by atoms with Crippen LogP contribution in [0.4, 0.5) is 11.5 Å². The Balaban J connectivity index is 1.31. The van der Waals surface area contributed by atoms with Crippen molar-refractivity contribution in [2.75, 3.05) is 44.7 Å². The summed E-state index contributed by atoms with van der Waals surface area (Å²) in [5, 5.41) is 3.27. The molecule has 4 rings (SSSR count). The Labute approximate surface area is 178 Å². The van der Waals surface area contributed by atoms with E-state index in [-0.39, 0.29) is 11.9 Å². The second-order valence-corrected chi connectivity index (χ2v) is 7.98. The molecule has 1 unspecified atom stereocenters. The number of hydrogen-bond donors (Lipinski definition) is 1. The van der Waals surface area contributed by atoms with Crippen molar-refractivity contribution in [3.8, 4) is 0 Å². The number of likely N-dealkylation sites (tertiary alicyclic amines) is 1. The Hall–Kier alpha value is -2.51. The Morgan fingerprint density at radius 2 is 1.93 bits per heavy atom. The summed E-state index contributed by atoms with van der Waals surface area (Å²) in [5.41, 5.74) is 2.04. The van der Waals surface area contributed by atoms with E-state index in [0.29, 0.717) is 5.92 Å². The van der Waals surface area contributed by atoms with Crippen LogP contribution in [0.2, 0.25) is 0 Å². The molecule has 0 aliphatic carbocycles. The third kappa shape index (κ3) is 4.96. The molecular formula is C23H31N5O2. The molecule has 2 aliphatic rings. The summed E-state index contributed by atoms with van der Waals surface area (Å²) in [7, 11) is 0. The summed E-state index contributed by atoms with van der Waals surface area (Å²) in [6.07, 6.45) is 6.41. The predicted octanol–water partition coefficient (Wildman–Crippen LogP) is 3.04. The smallest absolute Gasteiger partial charge is 0.239 e. The van der Waals surface area contributed by atoms with E-state index in [4.69, 9.17) is 4.74 Å². The SMILES string of the molecule is CCC(C(=O)N1CCC(c2ccc(Nc3ccccn3)cn2)CC1)N1CCOCC1. The molecule has 0 spiro atoms. The van der Waals surface area contributed by atoms with Gasteiger partial charge in [0.1, 0.15) is 5.82 Å². The van der Waals surface area contributed by atoms with Crippen LogP contribution in [0.25, 0.3) is 0 Å². The van der Waals surface area contributed by atoms with Crippen molar-refractivity contribution in [2.45, 2.75) is 38.1 Å². The van der Waals surface area contributed by atoms with E-state index < -0.39 is 0 Å². The first-order chi connectivity index (χ1) is 14.7. The fourth-order valence-electron chi connectivity index (χ4n) is 4.39. The first kappa shape index (κ1) is 20.8. The molecular weight excluding hydrogens is 378 g/mol. The van der Waals surface area contributed by atoms with Gasteiger partial charge in [0.05, 0.1) is 31.1 Å². The molecule has 2 fully saturated rings. The summed E-state index contributed by atoms with van der Waals surface area (Å²) in [4.78, 5) is 26.4. The van der Waals surface area contributed by atoms with Crippen LogP contribution in [0.3, 0.4) is 0 Å². The van der Waals surface area contributed by atoms with Crippen LogP contribution in [-0.2, 0) is 9.53 Å². The van der Waals surface area contributed by atoms with Crippen molar-refractivity contribution < 1.29 is 9.53 Å². The van der Waals surface area contributed by atoms with Gasteiger partial charge in [-0.1, -0.05) is 13.0 Å². The Kier molecular flexibility index (Phi) is 6.92. The third-order valence-corrected chi connectivity index (χ3v) is 6.11. The number of carbonyl (C=O) groups excluding carboxylic acids is 1. The molecule has 2 aliphatic heterocycles. The molecule has 0 aromatic carbocycles. The fourth-order valence-corrected chi connectivity index (χ4v) is 4.39. The number of pyridine rings is 2. The maximum absolute atomic E-state index is 13.1. The zero-order chi connectivity index (χ0) is 20.8. The highest BCUT2D eigenvalue weighted by molar-refractivity contribution is 5.82. The highest BCUT2D eigenvalue weighted by Crippen LogP contribution is 2.28. The van der Waals surface area contributed by atoms with Gasteiger partial charge in [0.2, 0.25) is 5.91 Å². The van der Waals surface area contributed by atoms with Crippen molar-refractivity contribution in [3.05, 3.63) is 48.4 Å². The lowest BCUT2D eigenvalue weighted by molar-refractivity contribution is -0.140. The van der Waals surface area contributed by atoms with Crippen LogP contribution >= 0.6 is 0 Å². The van der Waals surface area contributed by atoms with Crippen molar-refractivity contribution in [2.24, 2.45) is 0 Å². The Morgan fingerprint density at radius 1 is 1.13 bits per heavy atom. The predicted molar refractivity (Wildman–Crippen MR) is 117 cm³/mol. The highest BCUT2D eigenvalue weighted by Gasteiger charge is 2.32. The molecule has 0 bridgehead atoms.